The molecular weight excluding hydrogens is 1110 g/mol. The zero-order valence-corrected chi connectivity index (χ0v) is 48.5. The van der Waals surface area contributed by atoms with Crippen molar-refractivity contribution in [2.45, 2.75) is 90.4 Å². The summed E-state index contributed by atoms with van der Waals surface area (Å²) in [5.41, 5.74) is 4.58. The molecule has 19 nitrogen and oxygen atoms in total. The first-order valence-corrected chi connectivity index (χ1v) is 30.1. The van der Waals surface area contributed by atoms with E-state index in [2.05, 4.69) is 40.3 Å². The number of carbonyl (C=O) groups excluding carboxylic acids is 4. The molecule has 83 heavy (non-hydrogen) atoms. The van der Waals surface area contributed by atoms with E-state index >= 15 is 8.78 Å². The number of hydrazine groups is 1. The van der Waals surface area contributed by atoms with Crippen LogP contribution in [0.25, 0.3) is 32.6 Å². The minimum Gasteiger partial charge on any atom is -0.391 e. The van der Waals surface area contributed by atoms with Crippen LogP contribution in [-0.2, 0) is 31.9 Å². The van der Waals surface area contributed by atoms with Crippen molar-refractivity contribution in [1.82, 2.24) is 45.3 Å². The number of pyridine rings is 1. The van der Waals surface area contributed by atoms with Crippen molar-refractivity contribution in [2.24, 2.45) is 11.3 Å². The maximum absolute atomic E-state index is 16.1. The number of hydrogen-bond acceptors (Lipinski definition) is 15. The SMILES string of the molecule is C[C@H](NC(=O)[C@@H]1C[C@@H](O)CN1C(=O)[C@@H](NC(=O)CN1CCN(CC2CCN(c3ccc(-c4cnc5[nH]cc(C(=O)c6c(F)ccc(N(N7CC[C@@H](F)C7)[SH](=O)=O)c6F)c5c4)cc3)CC2)CC1)C(C)(C)C)c1ccc(-c2scnc2CO)cc1. The largest absolute Gasteiger partial charge is 0.391 e. The number of anilines is 2. The summed E-state index contributed by atoms with van der Waals surface area (Å²) in [6, 6.07) is 16.8. The van der Waals surface area contributed by atoms with Crippen LogP contribution in [-0.4, -0.2) is 173 Å². The fraction of sp³-hybridized carbons (Fsp3) is 0.458. The van der Waals surface area contributed by atoms with Gasteiger partial charge in [0.25, 0.3) is 0 Å². The van der Waals surface area contributed by atoms with Crippen LogP contribution >= 0.6 is 11.3 Å². The molecule has 7 heterocycles. The number of aliphatic hydroxyl groups is 2. The van der Waals surface area contributed by atoms with Crippen LogP contribution in [0.3, 0.4) is 0 Å². The summed E-state index contributed by atoms with van der Waals surface area (Å²) in [4.78, 5) is 76.5. The molecule has 10 rings (SSSR count). The van der Waals surface area contributed by atoms with Gasteiger partial charge in [-0.25, -0.2) is 36.6 Å². The van der Waals surface area contributed by atoms with Gasteiger partial charge in [-0.05, 0) is 84.5 Å². The first-order valence-electron chi connectivity index (χ1n) is 28.1. The lowest BCUT2D eigenvalue weighted by Crippen LogP contribution is -2.59. The molecule has 4 saturated heterocycles. The summed E-state index contributed by atoms with van der Waals surface area (Å²) in [6.07, 6.45) is 2.83. The zero-order valence-electron chi connectivity index (χ0n) is 46.8. The maximum Gasteiger partial charge on any atom is 0.246 e. The Kier molecular flexibility index (Phi) is 18.0. The number of hydrogen-bond donors (Lipinski definition) is 6. The second kappa shape index (κ2) is 25.2. The zero-order chi connectivity index (χ0) is 58.9. The van der Waals surface area contributed by atoms with Gasteiger partial charge in [0.2, 0.25) is 34.4 Å². The number of alkyl halides is 1. The van der Waals surface area contributed by atoms with E-state index in [0.717, 1.165) is 90.0 Å². The summed E-state index contributed by atoms with van der Waals surface area (Å²) in [5, 5.41) is 27.9. The van der Waals surface area contributed by atoms with Gasteiger partial charge in [0.15, 0.2) is 5.82 Å². The Morgan fingerprint density at radius 1 is 0.867 bits per heavy atom. The van der Waals surface area contributed by atoms with Crippen LogP contribution in [0, 0.1) is 23.0 Å². The lowest BCUT2D eigenvalue weighted by atomic mass is 9.85. The molecule has 0 aliphatic carbocycles. The molecule has 5 atom stereocenters. The third kappa shape index (κ3) is 13.1. The number of thiazole rings is 1. The maximum atomic E-state index is 16.1. The van der Waals surface area contributed by atoms with Crippen molar-refractivity contribution in [3.8, 4) is 21.6 Å². The number of aromatic nitrogens is 3. The molecule has 4 fully saturated rings. The van der Waals surface area contributed by atoms with Gasteiger partial charge in [0.05, 0.1) is 53.5 Å². The number of likely N-dealkylation sites (tertiary alicyclic amines) is 1. The molecule has 0 bridgehead atoms. The van der Waals surface area contributed by atoms with Gasteiger partial charge in [-0.1, -0.05) is 57.2 Å². The number of nitrogens with zero attached hydrogens (tertiary/aromatic N) is 8. The number of piperazine rings is 1. The molecule has 4 aliphatic heterocycles. The number of β-amino-alcohol motifs (C(OH)–C–C–N with tert-alkyl or cyclic N) is 1. The van der Waals surface area contributed by atoms with Crippen molar-refractivity contribution in [2.75, 3.05) is 81.3 Å². The number of fused-ring (bicyclic) bond motifs is 1. The third-order valence-electron chi connectivity index (χ3n) is 16.5. The van der Waals surface area contributed by atoms with E-state index in [4.69, 9.17) is 0 Å². The Morgan fingerprint density at radius 3 is 2.23 bits per heavy atom. The first kappa shape index (κ1) is 59.4. The number of benzene rings is 3. The Balaban J connectivity index is 0.686. The van der Waals surface area contributed by atoms with Gasteiger partial charge in [0, 0.05) is 99.9 Å². The summed E-state index contributed by atoms with van der Waals surface area (Å²) in [7, 11) is -3.50. The van der Waals surface area contributed by atoms with Crippen molar-refractivity contribution in [3.63, 3.8) is 0 Å². The standard InChI is InChI=1S/C59H70F3N11O8S2/c1-35(37-5-7-39(8-6-37)54-47(33-74)65-34-82-54)66-57(78)49-26-43(75)31-72(49)58(79)55(59(2,3)4)67-50(76)32-69-23-21-68(22-24-69)29-36-15-18-70(19-16-36)42-11-9-38(10-12-42)40-25-44-45(28-64-56(44)63-27-40)53(77)51-46(61)13-14-48(52(51)62)73(83(80)81)71-20-17-41(60)30-71/h5-14,25,27-28,34-36,41,43,49,55,74-75,83H,15-24,26,29-33H2,1-4H3,(H,63,64)(H,66,78)(H,67,76)/t35-,41+,43+,49-,55+/m0/s1. The Morgan fingerprint density at radius 2 is 1.57 bits per heavy atom. The topological polar surface area (TPSA) is 228 Å². The predicted octanol–water partition coefficient (Wildman–Crippen LogP) is 5.85. The highest BCUT2D eigenvalue weighted by Crippen LogP contribution is 2.35. The smallest absolute Gasteiger partial charge is 0.246 e. The van der Waals surface area contributed by atoms with Gasteiger partial charge in [-0.15, -0.1) is 11.3 Å². The van der Waals surface area contributed by atoms with Gasteiger partial charge >= 0.3 is 0 Å². The highest BCUT2D eigenvalue weighted by atomic mass is 32.2. The van der Waals surface area contributed by atoms with E-state index in [9.17, 15) is 42.2 Å². The second-order valence-electron chi connectivity index (χ2n) is 23.2. The lowest BCUT2D eigenvalue weighted by Gasteiger charge is -2.39. The molecule has 0 saturated carbocycles. The normalized spacial score (nSPS) is 20.3. The molecule has 0 unspecified atom stereocenters. The van der Waals surface area contributed by atoms with E-state index in [1.165, 1.54) is 22.4 Å². The van der Waals surface area contributed by atoms with E-state index in [1.54, 1.807) is 17.8 Å². The quantitative estimate of drug-likeness (QED) is 0.0439. The number of aliphatic hydroxyl groups excluding tert-OH is 2. The average Bonchev–Trinajstić information content (AvgIpc) is 4.45. The van der Waals surface area contributed by atoms with Crippen LogP contribution in [0.5, 0.6) is 0 Å². The van der Waals surface area contributed by atoms with E-state index < -0.39 is 87.2 Å². The van der Waals surface area contributed by atoms with Crippen molar-refractivity contribution in [3.05, 3.63) is 119 Å². The molecule has 0 radical (unpaired) electrons. The minimum atomic E-state index is -3.50. The van der Waals surface area contributed by atoms with Crippen LogP contribution in [0.15, 0.2) is 84.6 Å². The van der Waals surface area contributed by atoms with E-state index in [-0.39, 0.29) is 57.1 Å². The van der Waals surface area contributed by atoms with Gasteiger partial charge in [0.1, 0.15) is 35.4 Å². The Hall–Kier alpha value is -6.80. The third-order valence-corrected chi connectivity index (χ3v) is 18.2. The summed E-state index contributed by atoms with van der Waals surface area (Å²) in [6.45, 7) is 12.7. The molecule has 3 aromatic heterocycles. The number of amides is 3. The number of nitrogens with one attached hydrogen (secondary N) is 3. The number of aromatic amines is 1. The highest BCUT2D eigenvalue weighted by molar-refractivity contribution is 7.73. The number of halogens is 3. The summed E-state index contributed by atoms with van der Waals surface area (Å²) >= 11 is 1.44. The molecule has 442 valence electrons. The van der Waals surface area contributed by atoms with Crippen molar-refractivity contribution < 1.29 is 51.0 Å². The van der Waals surface area contributed by atoms with Gasteiger partial charge < -0.3 is 40.5 Å². The van der Waals surface area contributed by atoms with Crippen molar-refractivity contribution in [1.29, 1.82) is 0 Å². The minimum absolute atomic E-state index is 0.00658. The molecular formula is C59H70F3N11O8S2. The van der Waals surface area contributed by atoms with E-state index in [0.29, 0.717) is 45.7 Å². The Bertz CT molecular complexity index is 3410. The summed E-state index contributed by atoms with van der Waals surface area (Å²) in [5.74, 6) is -4.17. The number of thiol groups is 1. The molecule has 24 heteroatoms. The second-order valence-corrected chi connectivity index (χ2v) is 24.9. The van der Waals surface area contributed by atoms with Gasteiger partial charge in [-0.2, -0.15) is 4.41 Å². The number of carbonyl (C=O) groups is 4. The fourth-order valence-electron chi connectivity index (χ4n) is 11.8. The van der Waals surface area contributed by atoms with Crippen LogP contribution in [0.2, 0.25) is 0 Å². The molecule has 4 aliphatic rings. The number of rotatable bonds is 18. The summed E-state index contributed by atoms with van der Waals surface area (Å²) < 4.78 is 70.5. The first-order chi connectivity index (χ1) is 39.7. The number of piperidine rings is 1. The fourth-order valence-corrected chi connectivity index (χ4v) is 13.3. The molecule has 5 N–H and O–H groups in total. The molecule has 6 aromatic rings. The van der Waals surface area contributed by atoms with E-state index in [1.807, 2.05) is 76.2 Å². The number of H-pyrrole nitrogens is 1. The van der Waals surface area contributed by atoms with Crippen LogP contribution in [0.1, 0.15) is 86.6 Å². The lowest BCUT2D eigenvalue weighted by molar-refractivity contribution is -0.144. The number of ketones is 1. The molecule has 0 spiro atoms. The molecule has 3 aromatic carbocycles. The monoisotopic (exact) mass is 1180 g/mol. The molecule has 3 amide bonds. The predicted molar refractivity (Wildman–Crippen MR) is 311 cm³/mol. The van der Waals surface area contributed by atoms with Crippen LogP contribution < -0.4 is 19.9 Å². The average molecular weight is 1180 g/mol. The van der Waals surface area contributed by atoms with Crippen LogP contribution in [0.4, 0.5) is 24.5 Å². The highest BCUT2D eigenvalue weighted by Gasteiger charge is 2.45. The van der Waals surface area contributed by atoms with Crippen molar-refractivity contribution >= 4 is 68.1 Å². The Labute approximate surface area is 485 Å². The van der Waals surface area contributed by atoms with Gasteiger partial charge in [-0.3, -0.25) is 24.1 Å².